The average Bonchev–Trinajstić information content (AvgIpc) is 2.45. The minimum atomic E-state index is 0.0616. The van der Waals surface area contributed by atoms with Gasteiger partial charge in [0.05, 0.1) is 0 Å². The summed E-state index contributed by atoms with van der Waals surface area (Å²) in [6, 6.07) is 7.52. The second kappa shape index (κ2) is 6.79. The van der Waals surface area contributed by atoms with Crippen molar-refractivity contribution >= 4 is 21.8 Å². The summed E-state index contributed by atoms with van der Waals surface area (Å²) in [5, 5.41) is 0. The van der Waals surface area contributed by atoms with Gasteiger partial charge in [-0.1, -0.05) is 15.9 Å². The first kappa shape index (κ1) is 16.3. The highest BCUT2D eigenvalue weighted by molar-refractivity contribution is 9.10. The predicted octanol–water partition coefficient (Wildman–Crippen LogP) is 2.77. The van der Waals surface area contributed by atoms with E-state index in [1.807, 2.05) is 29.2 Å². The second-order valence-corrected chi connectivity index (χ2v) is 7.20. The maximum atomic E-state index is 12.2. The van der Waals surface area contributed by atoms with E-state index in [4.69, 9.17) is 4.74 Å². The minimum absolute atomic E-state index is 0.0616. The van der Waals surface area contributed by atoms with Crippen LogP contribution in [-0.4, -0.2) is 54.0 Å². The number of carbonyl (C=O) groups is 1. The van der Waals surface area contributed by atoms with Crippen molar-refractivity contribution in [1.29, 1.82) is 0 Å². The normalized spacial score (nSPS) is 16.9. The molecular formula is C16H23BrN2O2. The third kappa shape index (κ3) is 4.71. The van der Waals surface area contributed by atoms with Crippen LogP contribution in [0.3, 0.4) is 0 Å². The van der Waals surface area contributed by atoms with E-state index in [1.165, 1.54) is 0 Å². The quantitative estimate of drug-likeness (QED) is 0.836. The topological polar surface area (TPSA) is 32.8 Å². The highest BCUT2D eigenvalue weighted by atomic mass is 79.9. The van der Waals surface area contributed by atoms with Crippen molar-refractivity contribution in [1.82, 2.24) is 9.80 Å². The molecule has 0 bridgehead atoms. The monoisotopic (exact) mass is 354 g/mol. The summed E-state index contributed by atoms with van der Waals surface area (Å²) in [7, 11) is 0. The Hall–Kier alpha value is -1.07. The van der Waals surface area contributed by atoms with Gasteiger partial charge in [0.15, 0.2) is 6.61 Å². The Balaban J connectivity index is 1.78. The molecule has 0 aliphatic carbocycles. The molecule has 0 N–H and O–H groups in total. The van der Waals surface area contributed by atoms with E-state index in [1.54, 1.807) is 0 Å². The zero-order chi connectivity index (χ0) is 15.5. The zero-order valence-electron chi connectivity index (χ0n) is 12.9. The van der Waals surface area contributed by atoms with Gasteiger partial charge in [-0.15, -0.1) is 0 Å². The molecule has 0 unspecified atom stereocenters. The van der Waals surface area contributed by atoms with Crippen molar-refractivity contribution < 1.29 is 9.53 Å². The number of hydrogen-bond donors (Lipinski definition) is 0. The minimum Gasteiger partial charge on any atom is -0.484 e. The highest BCUT2D eigenvalue weighted by Gasteiger charge is 2.27. The molecule has 0 aromatic heterocycles. The first-order valence-corrected chi connectivity index (χ1v) is 8.07. The van der Waals surface area contributed by atoms with Crippen LogP contribution in [0.15, 0.2) is 28.7 Å². The van der Waals surface area contributed by atoms with Crippen LogP contribution in [0.4, 0.5) is 0 Å². The van der Waals surface area contributed by atoms with Crippen molar-refractivity contribution in [2.24, 2.45) is 0 Å². The molecule has 21 heavy (non-hydrogen) atoms. The van der Waals surface area contributed by atoms with Gasteiger partial charge >= 0.3 is 0 Å². The molecule has 1 fully saturated rings. The van der Waals surface area contributed by atoms with E-state index in [2.05, 4.69) is 41.6 Å². The van der Waals surface area contributed by atoms with Gasteiger partial charge < -0.3 is 9.64 Å². The second-order valence-electron chi connectivity index (χ2n) is 6.28. The van der Waals surface area contributed by atoms with E-state index in [9.17, 15) is 4.79 Å². The number of ether oxygens (including phenoxy) is 1. The summed E-state index contributed by atoms with van der Waals surface area (Å²) in [5.74, 6) is 0.784. The van der Waals surface area contributed by atoms with Gasteiger partial charge in [0.2, 0.25) is 0 Å². The number of hydrogen-bond acceptors (Lipinski definition) is 3. The van der Waals surface area contributed by atoms with Crippen LogP contribution in [0.2, 0.25) is 0 Å². The Labute approximate surface area is 135 Å². The molecule has 1 heterocycles. The van der Waals surface area contributed by atoms with E-state index in [-0.39, 0.29) is 18.1 Å². The molecule has 2 rings (SSSR count). The summed E-state index contributed by atoms with van der Waals surface area (Å²) >= 11 is 3.37. The Kier molecular flexibility index (Phi) is 5.27. The summed E-state index contributed by atoms with van der Waals surface area (Å²) in [5.41, 5.74) is 0.170. The van der Waals surface area contributed by atoms with Gasteiger partial charge in [-0.2, -0.15) is 0 Å². The standard InChI is InChI=1S/C16H23BrN2O2/c1-16(2,3)19-10-8-18(9-11-19)15(20)12-21-14-6-4-13(17)5-7-14/h4-7H,8-12H2,1-3H3. The summed E-state index contributed by atoms with van der Waals surface area (Å²) < 4.78 is 6.54. The number of rotatable bonds is 3. The SMILES string of the molecule is CC(C)(C)N1CCN(C(=O)COc2ccc(Br)cc2)CC1. The van der Waals surface area contributed by atoms with Crippen LogP contribution in [-0.2, 0) is 4.79 Å². The molecule has 5 heteroatoms. The third-order valence-electron chi connectivity index (χ3n) is 3.76. The molecule has 1 saturated heterocycles. The molecule has 0 saturated carbocycles. The van der Waals surface area contributed by atoms with Crippen LogP contribution >= 0.6 is 15.9 Å². The summed E-state index contributed by atoms with van der Waals surface area (Å²) in [6.45, 7) is 10.1. The number of carbonyl (C=O) groups excluding carboxylic acids is 1. The molecule has 116 valence electrons. The molecule has 4 nitrogen and oxygen atoms in total. The maximum Gasteiger partial charge on any atom is 0.260 e. The van der Waals surface area contributed by atoms with Crippen LogP contribution < -0.4 is 4.74 Å². The Morgan fingerprint density at radius 2 is 1.71 bits per heavy atom. The van der Waals surface area contributed by atoms with E-state index in [0.29, 0.717) is 0 Å². The number of benzene rings is 1. The molecule has 1 aliphatic rings. The lowest BCUT2D eigenvalue weighted by molar-refractivity contribution is -0.135. The van der Waals surface area contributed by atoms with Gasteiger partial charge in [0.25, 0.3) is 5.91 Å². The van der Waals surface area contributed by atoms with E-state index < -0.39 is 0 Å². The Bertz CT molecular complexity index is 474. The smallest absolute Gasteiger partial charge is 0.260 e. The third-order valence-corrected chi connectivity index (χ3v) is 4.29. The average molecular weight is 355 g/mol. The zero-order valence-corrected chi connectivity index (χ0v) is 14.5. The van der Waals surface area contributed by atoms with Crippen molar-refractivity contribution in [3.8, 4) is 5.75 Å². The van der Waals surface area contributed by atoms with E-state index >= 15 is 0 Å². The molecule has 1 aromatic carbocycles. The molecular weight excluding hydrogens is 332 g/mol. The molecule has 0 atom stereocenters. The van der Waals surface area contributed by atoms with Gasteiger partial charge in [-0.25, -0.2) is 0 Å². The summed E-state index contributed by atoms with van der Waals surface area (Å²) in [6.07, 6.45) is 0. The molecule has 1 aromatic rings. The van der Waals surface area contributed by atoms with Gasteiger partial charge in [0, 0.05) is 36.2 Å². The maximum absolute atomic E-state index is 12.2. The first-order valence-electron chi connectivity index (χ1n) is 7.27. The molecule has 0 spiro atoms. The van der Waals surface area contributed by atoms with Crippen molar-refractivity contribution in [2.45, 2.75) is 26.3 Å². The number of halogens is 1. The van der Waals surface area contributed by atoms with Crippen molar-refractivity contribution in [3.63, 3.8) is 0 Å². The number of piperazine rings is 1. The Morgan fingerprint density at radius 1 is 1.14 bits per heavy atom. The lowest BCUT2D eigenvalue weighted by Gasteiger charge is -2.42. The highest BCUT2D eigenvalue weighted by Crippen LogP contribution is 2.17. The number of amides is 1. The fraction of sp³-hybridized carbons (Fsp3) is 0.562. The lowest BCUT2D eigenvalue weighted by Crippen LogP contribution is -2.55. The van der Waals surface area contributed by atoms with E-state index in [0.717, 1.165) is 36.4 Å². The first-order chi connectivity index (χ1) is 9.86. The molecule has 0 radical (unpaired) electrons. The van der Waals surface area contributed by atoms with Crippen molar-refractivity contribution in [3.05, 3.63) is 28.7 Å². The number of nitrogens with zero attached hydrogens (tertiary/aromatic N) is 2. The van der Waals surface area contributed by atoms with Crippen LogP contribution in [0.1, 0.15) is 20.8 Å². The van der Waals surface area contributed by atoms with Gasteiger partial charge in [-0.05, 0) is 45.0 Å². The Morgan fingerprint density at radius 3 is 2.24 bits per heavy atom. The van der Waals surface area contributed by atoms with Gasteiger partial charge in [0.1, 0.15) is 5.75 Å². The van der Waals surface area contributed by atoms with Crippen LogP contribution in [0, 0.1) is 0 Å². The van der Waals surface area contributed by atoms with Crippen LogP contribution in [0.5, 0.6) is 5.75 Å². The fourth-order valence-electron chi connectivity index (χ4n) is 2.39. The fourth-order valence-corrected chi connectivity index (χ4v) is 2.66. The molecule has 1 amide bonds. The molecule has 1 aliphatic heterocycles. The van der Waals surface area contributed by atoms with Gasteiger partial charge in [-0.3, -0.25) is 9.69 Å². The van der Waals surface area contributed by atoms with Crippen LogP contribution in [0.25, 0.3) is 0 Å². The predicted molar refractivity (Wildman–Crippen MR) is 87.5 cm³/mol. The largest absolute Gasteiger partial charge is 0.484 e. The lowest BCUT2D eigenvalue weighted by atomic mass is 10.1. The summed E-state index contributed by atoms with van der Waals surface area (Å²) in [4.78, 5) is 16.5. The van der Waals surface area contributed by atoms with Crippen molar-refractivity contribution in [2.75, 3.05) is 32.8 Å².